The summed E-state index contributed by atoms with van der Waals surface area (Å²) in [6.07, 6.45) is -0.357. The van der Waals surface area contributed by atoms with Gasteiger partial charge < -0.3 is 9.84 Å². The Balaban J connectivity index is 3.07. The minimum atomic E-state index is -1.09. The van der Waals surface area contributed by atoms with Crippen LogP contribution in [0, 0.1) is 0 Å². The van der Waals surface area contributed by atoms with Crippen molar-refractivity contribution in [1.82, 2.24) is 0 Å². The molecular weight excluding hydrogens is 267 g/mol. The number of carboxylic acids is 1. The molecule has 0 saturated heterocycles. The largest absolute Gasteiger partial charge is 0.481 e. The summed E-state index contributed by atoms with van der Waals surface area (Å²) in [5, 5.41) is 9.36. The number of methoxy groups -OCH3 is 1. The number of hydrogen-bond donors (Lipinski definition) is 1. The van der Waals surface area contributed by atoms with Crippen LogP contribution in [-0.4, -0.2) is 24.2 Å². The fourth-order valence-corrected chi connectivity index (χ4v) is 1.69. The van der Waals surface area contributed by atoms with Gasteiger partial charge in [-0.3, -0.25) is 9.59 Å². The lowest BCUT2D eigenvalue weighted by Gasteiger charge is -2.13. The Morgan fingerprint density at radius 3 is 2.47 bits per heavy atom. The molecule has 1 atom stereocenters. The number of ether oxygens (including phenoxy) is 1. The number of esters is 1. The molecule has 1 N–H and O–H groups in total. The van der Waals surface area contributed by atoms with E-state index in [2.05, 4.69) is 4.74 Å². The van der Waals surface area contributed by atoms with Crippen molar-refractivity contribution in [1.29, 1.82) is 0 Å². The molecule has 6 heteroatoms. The van der Waals surface area contributed by atoms with Crippen LogP contribution in [0.15, 0.2) is 18.2 Å². The second kappa shape index (κ2) is 5.89. The van der Waals surface area contributed by atoms with Crippen LogP contribution in [0.2, 0.25) is 10.0 Å². The van der Waals surface area contributed by atoms with Crippen LogP contribution in [-0.2, 0) is 14.3 Å². The molecule has 0 spiro atoms. The second-order valence-corrected chi connectivity index (χ2v) is 4.16. The summed E-state index contributed by atoms with van der Waals surface area (Å²) in [4.78, 5) is 22.2. The fraction of sp³-hybridized carbons (Fsp3) is 0.273. The molecule has 0 radical (unpaired) electrons. The number of rotatable bonds is 4. The van der Waals surface area contributed by atoms with Crippen molar-refractivity contribution in [3.63, 3.8) is 0 Å². The van der Waals surface area contributed by atoms with Gasteiger partial charge in [0.2, 0.25) is 0 Å². The van der Waals surface area contributed by atoms with Gasteiger partial charge in [-0.1, -0.05) is 29.3 Å². The molecule has 0 amide bonds. The van der Waals surface area contributed by atoms with Gasteiger partial charge in [0.25, 0.3) is 0 Å². The number of carbonyl (C=O) groups excluding carboxylic acids is 1. The average molecular weight is 277 g/mol. The van der Waals surface area contributed by atoms with Gasteiger partial charge in [-0.2, -0.15) is 0 Å². The summed E-state index contributed by atoms with van der Waals surface area (Å²) in [5.74, 6) is -2.59. The Bertz CT molecular complexity index is 445. The van der Waals surface area contributed by atoms with E-state index < -0.39 is 17.9 Å². The highest BCUT2D eigenvalue weighted by atomic mass is 35.5. The molecule has 0 fully saturated rings. The van der Waals surface area contributed by atoms with Crippen molar-refractivity contribution in [2.45, 2.75) is 12.3 Å². The Morgan fingerprint density at radius 1 is 1.35 bits per heavy atom. The highest BCUT2D eigenvalue weighted by molar-refractivity contribution is 6.42. The van der Waals surface area contributed by atoms with Crippen LogP contribution >= 0.6 is 23.2 Å². The lowest BCUT2D eigenvalue weighted by atomic mass is 9.96. The van der Waals surface area contributed by atoms with E-state index in [-0.39, 0.29) is 11.4 Å². The first-order valence-electron chi connectivity index (χ1n) is 4.70. The number of carbonyl (C=O) groups is 2. The molecule has 1 rings (SSSR count). The van der Waals surface area contributed by atoms with Gasteiger partial charge in [0.1, 0.15) is 0 Å². The number of hydrogen-bond acceptors (Lipinski definition) is 3. The molecule has 0 bridgehead atoms. The maximum Gasteiger partial charge on any atom is 0.313 e. The normalized spacial score (nSPS) is 11.9. The quantitative estimate of drug-likeness (QED) is 0.859. The van der Waals surface area contributed by atoms with Gasteiger partial charge in [0.15, 0.2) is 0 Å². The lowest BCUT2D eigenvalue weighted by molar-refractivity contribution is -0.147. The molecular formula is C11H10Cl2O4. The highest BCUT2D eigenvalue weighted by Crippen LogP contribution is 2.28. The fourth-order valence-electron chi connectivity index (χ4n) is 1.38. The molecule has 0 aliphatic carbocycles. The van der Waals surface area contributed by atoms with Gasteiger partial charge in [0.05, 0.1) is 29.5 Å². The van der Waals surface area contributed by atoms with E-state index in [1.807, 2.05) is 0 Å². The Hall–Kier alpha value is -1.26. The van der Waals surface area contributed by atoms with E-state index >= 15 is 0 Å². The monoisotopic (exact) mass is 276 g/mol. The van der Waals surface area contributed by atoms with Crippen LogP contribution in [0.25, 0.3) is 0 Å². The van der Waals surface area contributed by atoms with Crippen LogP contribution in [0.4, 0.5) is 0 Å². The molecule has 0 aliphatic rings. The summed E-state index contributed by atoms with van der Waals surface area (Å²) in [7, 11) is 1.20. The van der Waals surface area contributed by atoms with E-state index in [0.29, 0.717) is 10.6 Å². The van der Waals surface area contributed by atoms with Crippen molar-refractivity contribution < 1.29 is 19.4 Å². The molecule has 0 saturated carbocycles. The third-order valence-corrected chi connectivity index (χ3v) is 2.95. The van der Waals surface area contributed by atoms with Gasteiger partial charge in [-0.15, -0.1) is 0 Å². The third kappa shape index (κ3) is 3.61. The Morgan fingerprint density at radius 2 is 2.00 bits per heavy atom. The molecule has 0 aromatic heterocycles. The van der Waals surface area contributed by atoms with Crippen LogP contribution < -0.4 is 0 Å². The van der Waals surface area contributed by atoms with Crippen molar-refractivity contribution in [3.05, 3.63) is 33.8 Å². The summed E-state index contributed by atoms with van der Waals surface area (Å²) in [6.45, 7) is 0. The first kappa shape index (κ1) is 13.8. The van der Waals surface area contributed by atoms with Crippen molar-refractivity contribution >= 4 is 35.1 Å². The topological polar surface area (TPSA) is 63.6 Å². The van der Waals surface area contributed by atoms with E-state index in [9.17, 15) is 9.59 Å². The van der Waals surface area contributed by atoms with Gasteiger partial charge in [-0.25, -0.2) is 0 Å². The first-order chi connectivity index (χ1) is 7.95. The summed E-state index contributed by atoms with van der Waals surface area (Å²) in [6, 6.07) is 4.53. The summed E-state index contributed by atoms with van der Waals surface area (Å²) in [5.41, 5.74) is 0.466. The van der Waals surface area contributed by atoms with Crippen molar-refractivity contribution in [2.75, 3.05) is 7.11 Å². The van der Waals surface area contributed by atoms with Crippen LogP contribution in [0.1, 0.15) is 17.9 Å². The van der Waals surface area contributed by atoms with Crippen LogP contribution in [0.3, 0.4) is 0 Å². The van der Waals surface area contributed by atoms with Gasteiger partial charge in [0, 0.05) is 0 Å². The van der Waals surface area contributed by atoms with Crippen LogP contribution in [0.5, 0.6) is 0 Å². The van der Waals surface area contributed by atoms with Crippen molar-refractivity contribution in [2.24, 2.45) is 0 Å². The highest BCUT2D eigenvalue weighted by Gasteiger charge is 2.24. The minimum absolute atomic E-state index is 0.267. The number of benzene rings is 1. The SMILES string of the molecule is COC(=O)[C@H](CC(=O)O)c1ccc(Cl)c(Cl)c1. The first-order valence-corrected chi connectivity index (χ1v) is 5.46. The molecule has 92 valence electrons. The summed E-state index contributed by atoms with van der Waals surface area (Å²) < 4.78 is 4.56. The Labute approximate surface area is 108 Å². The molecule has 17 heavy (non-hydrogen) atoms. The molecule has 0 aliphatic heterocycles. The molecule has 4 nitrogen and oxygen atoms in total. The number of halogens is 2. The Kier molecular flexibility index (Phi) is 4.78. The molecule has 0 heterocycles. The smallest absolute Gasteiger partial charge is 0.313 e. The number of aliphatic carboxylic acids is 1. The standard InChI is InChI=1S/C11H10Cl2O4/c1-17-11(16)7(5-10(14)15)6-2-3-8(12)9(13)4-6/h2-4,7H,5H2,1H3,(H,14,15)/t7-/m1/s1. The lowest BCUT2D eigenvalue weighted by Crippen LogP contribution is -2.17. The van der Waals surface area contributed by atoms with E-state index in [1.165, 1.54) is 19.2 Å². The zero-order chi connectivity index (χ0) is 13.0. The predicted octanol–water partition coefficient (Wildman–Crippen LogP) is 2.72. The molecule has 0 unspecified atom stereocenters. The van der Waals surface area contributed by atoms with E-state index in [4.69, 9.17) is 28.3 Å². The molecule has 1 aromatic rings. The maximum absolute atomic E-state index is 11.5. The zero-order valence-corrected chi connectivity index (χ0v) is 10.5. The van der Waals surface area contributed by atoms with E-state index in [1.54, 1.807) is 6.07 Å². The zero-order valence-electron chi connectivity index (χ0n) is 8.94. The third-order valence-electron chi connectivity index (χ3n) is 2.21. The minimum Gasteiger partial charge on any atom is -0.481 e. The predicted molar refractivity (Wildman–Crippen MR) is 63.5 cm³/mol. The second-order valence-electron chi connectivity index (χ2n) is 3.35. The maximum atomic E-state index is 11.5. The van der Waals surface area contributed by atoms with E-state index in [0.717, 1.165) is 0 Å². The van der Waals surface area contributed by atoms with Crippen molar-refractivity contribution in [3.8, 4) is 0 Å². The van der Waals surface area contributed by atoms with Gasteiger partial charge in [-0.05, 0) is 17.7 Å². The summed E-state index contributed by atoms with van der Waals surface area (Å²) >= 11 is 11.6. The molecule has 1 aromatic carbocycles. The number of carboxylic acid groups (broad SMARTS) is 1. The average Bonchev–Trinajstić information content (AvgIpc) is 2.28. The van der Waals surface area contributed by atoms with Gasteiger partial charge >= 0.3 is 11.9 Å².